The van der Waals surface area contributed by atoms with E-state index in [1.54, 1.807) is 23.0 Å². The summed E-state index contributed by atoms with van der Waals surface area (Å²) < 4.78 is 5.85. The molecule has 0 aliphatic carbocycles. The van der Waals surface area contributed by atoms with Gasteiger partial charge in [0.25, 0.3) is 0 Å². The van der Waals surface area contributed by atoms with Gasteiger partial charge < -0.3 is 9.64 Å². The zero-order valence-corrected chi connectivity index (χ0v) is 15.2. The predicted octanol–water partition coefficient (Wildman–Crippen LogP) is 3.04. The van der Waals surface area contributed by atoms with E-state index in [0.717, 1.165) is 15.6 Å². The van der Waals surface area contributed by atoms with Crippen LogP contribution in [0.2, 0.25) is 0 Å². The van der Waals surface area contributed by atoms with Crippen molar-refractivity contribution in [1.82, 2.24) is 14.9 Å². The summed E-state index contributed by atoms with van der Waals surface area (Å²) in [7, 11) is 0. The molecule has 3 rings (SSSR count). The fraction of sp³-hybridized carbons (Fsp3) is 0.562. The normalized spacial score (nSPS) is 19.1. The van der Waals surface area contributed by atoms with Crippen LogP contribution in [-0.2, 0) is 21.4 Å². The summed E-state index contributed by atoms with van der Waals surface area (Å²) in [5, 5.41) is 3.06. The van der Waals surface area contributed by atoms with Gasteiger partial charge in [-0.3, -0.25) is 9.78 Å². The van der Waals surface area contributed by atoms with Crippen molar-refractivity contribution in [3.63, 3.8) is 0 Å². The maximum atomic E-state index is 12.4. The Hall–Kier alpha value is -1.31. The third-order valence-electron chi connectivity index (χ3n) is 3.79. The van der Waals surface area contributed by atoms with E-state index < -0.39 is 0 Å². The number of hydrogen-bond donors (Lipinski definition) is 0. The molecule has 1 aliphatic rings. The number of amides is 1. The molecule has 1 saturated heterocycles. The van der Waals surface area contributed by atoms with Crippen LogP contribution in [0.1, 0.15) is 42.5 Å². The van der Waals surface area contributed by atoms with E-state index in [-0.39, 0.29) is 17.4 Å². The summed E-state index contributed by atoms with van der Waals surface area (Å²) in [4.78, 5) is 24.1. The monoisotopic (exact) mass is 351 g/mol. The maximum Gasteiger partial charge on any atom is 0.228 e. The number of thiazole rings is 2. The van der Waals surface area contributed by atoms with Crippen molar-refractivity contribution in [2.24, 2.45) is 0 Å². The first-order valence-electron chi connectivity index (χ1n) is 7.66. The van der Waals surface area contributed by atoms with Crippen LogP contribution >= 0.6 is 22.7 Å². The van der Waals surface area contributed by atoms with Crippen molar-refractivity contribution in [1.29, 1.82) is 0 Å². The summed E-state index contributed by atoms with van der Waals surface area (Å²) in [5.41, 5.74) is 2.87. The molecule has 2 aromatic rings. The van der Waals surface area contributed by atoms with Gasteiger partial charge in [-0.2, -0.15) is 0 Å². The molecule has 0 spiro atoms. The van der Waals surface area contributed by atoms with Gasteiger partial charge in [0.05, 0.1) is 30.8 Å². The van der Waals surface area contributed by atoms with Crippen LogP contribution in [-0.4, -0.2) is 40.5 Å². The highest BCUT2D eigenvalue weighted by atomic mass is 32.1. The molecular formula is C16H21N3O2S2. The molecule has 1 atom stereocenters. The number of ether oxygens (including phenoxy) is 1. The van der Waals surface area contributed by atoms with Crippen LogP contribution in [0.5, 0.6) is 0 Å². The van der Waals surface area contributed by atoms with E-state index in [0.29, 0.717) is 26.1 Å². The molecule has 124 valence electrons. The second-order valence-electron chi connectivity index (χ2n) is 6.66. The number of hydrogen-bond acceptors (Lipinski definition) is 6. The lowest BCUT2D eigenvalue weighted by Gasteiger charge is -2.32. The first kappa shape index (κ1) is 16.5. The number of nitrogens with zero attached hydrogens (tertiary/aromatic N) is 3. The second-order valence-corrected chi connectivity index (χ2v) is 8.53. The zero-order valence-electron chi connectivity index (χ0n) is 13.6. The highest BCUT2D eigenvalue weighted by Gasteiger charge is 2.28. The lowest BCUT2D eigenvalue weighted by Crippen LogP contribution is -2.42. The van der Waals surface area contributed by atoms with E-state index in [9.17, 15) is 4.79 Å². The highest BCUT2D eigenvalue weighted by Crippen LogP contribution is 2.30. The number of carbonyl (C=O) groups is 1. The van der Waals surface area contributed by atoms with Gasteiger partial charge in [0.15, 0.2) is 0 Å². The maximum absolute atomic E-state index is 12.4. The zero-order chi connectivity index (χ0) is 16.4. The molecule has 1 amide bonds. The molecule has 1 aliphatic heterocycles. The summed E-state index contributed by atoms with van der Waals surface area (Å²) in [6, 6.07) is 0. The first-order valence-corrected chi connectivity index (χ1v) is 9.42. The second kappa shape index (κ2) is 6.67. The molecule has 0 radical (unpaired) electrons. The Labute approximate surface area is 144 Å². The minimum atomic E-state index is -0.115. The van der Waals surface area contributed by atoms with Gasteiger partial charge in [-0.05, 0) is 0 Å². The largest absolute Gasteiger partial charge is 0.367 e. The van der Waals surface area contributed by atoms with Crippen LogP contribution in [0.15, 0.2) is 17.1 Å². The van der Waals surface area contributed by atoms with Gasteiger partial charge in [0.2, 0.25) is 5.91 Å². The van der Waals surface area contributed by atoms with Crippen LogP contribution in [0.4, 0.5) is 0 Å². The standard InChI is InChI=1S/C16H21N3O2S2/c1-16(2,3)13-9-22-15(18-13)12-8-19(4-5-21-12)14(20)6-11-7-17-10-23-11/h7,9-10,12H,4-6,8H2,1-3H3/t12-/m0/s1. The molecule has 0 unspecified atom stereocenters. The van der Waals surface area contributed by atoms with Crippen molar-refractivity contribution in [3.05, 3.63) is 32.7 Å². The van der Waals surface area contributed by atoms with E-state index >= 15 is 0 Å². The van der Waals surface area contributed by atoms with Crippen LogP contribution in [0.3, 0.4) is 0 Å². The van der Waals surface area contributed by atoms with Gasteiger partial charge in [-0.1, -0.05) is 20.8 Å². The molecule has 3 heterocycles. The average molecular weight is 351 g/mol. The molecule has 7 heteroatoms. The van der Waals surface area contributed by atoms with E-state index in [4.69, 9.17) is 9.72 Å². The fourth-order valence-corrected chi connectivity index (χ4v) is 4.07. The SMILES string of the molecule is CC(C)(C)c1csc([C@@H]2CN(C(=O)Cc3cncs3)CCO2)n1. The van der Waals surface area contributed by atoms with Crippen molar-refractivity contribution < 1.29 is 9.53 Å². The smallest absolute Gasteiger partial charge is 0.228 e. The molecule has 1 fully saturated rings. The summed E-state index contributed by atoms with van der Waals surface area (Å²) >= 11 is 3.14. The summed E-state index contributed by atoms with van der Waals surface area (Å²) in [5.74, 6) is 0.134. The number of morpholine rings is 1. The van der Waals surface area contributed by atoms with Gasteiger partial charge in [-0.25, -0.2) is 4.98 Å². The number of rotatable bonds is 3. The van der Waals surface area contributed by atoms with Crippen molar-refractivity contribution >= 4 is 28.6 Å². The Balaban J connectivity index is 1.66. The number of carbonyl (C=O) groups excluding carboxylic acids is 1. The predicted molar refractivity (Wildman–Crippen MR) is 91.9 cm³/mol. The third-order valence-corrected chi connectivity index (χ3v) is 5.51. The van der Waals surface area contributed by atoms with E-state index in [2.05, 4.69) is 31.1 Å². The van der Waals surface area contributed by atoms with Crippen LogP contribution in [0, 0.1) is 0 Å². The summed E-state index contributed by atoms with van der Waals surface area (Å²) in [6.07, 6.45) is 2.06. The quantitative estimate of drug-likeness (QED) is 0.853. The molecule has 0 aromatic carbocycles. The van der Waals surface area contributed by atoms with Crippen molar-refractivity contribution in [3.8, 4) is 0 Å². The average Bonchev–Trinajstić information content (AvgIpc) is 3.18. The highest BCUT2D eigenvalue weighted by molar-refractivity contribution is 7.10. The number of aromatic nitrogens is 2. The lowest BCUT2D eigenvalue weighted by atomic mass is 9.93. The first-order chi connectivity index (χ1) is 10.9. The van der Waals surface area contributed by atoms with Gasteiger partial charge in [0, 0.05) is 28.4 Å². The Kier molecular flexibility index (Phi) is 4.79. The van der Waals surface area contributed by atoms with Crippen LogP contribution < -0.4 is 0 Å². The lowest BCUT2D eigenvalue weighted by molar-refractivity contribution is -0.138. The van der Waals surface area contributed by atoms with Gasteiger partial charge >= 0.3 is 0 Å². The minimum absolute atomic E-state index is 0.0328. The topological polar surface area (TPSA) is 55.3 Å². The summed E-state index contributed by atoms with van der Waals surface area (Å²) in [6.45, 7) is 8.24. The minimum Gasteiger partial charge on any atom is -0.367 e. The van der Waals surface area contributed by atoms with E-state index in [1.165, 1.54) is 11.3 Å². The Morgan fingerprint density at radius 1 is 1.43 bits per heavy atom. The molecule has 0 saturated carbocycles. The molecule has 0 bridgehead atoms. The molecular weight excluding hydrogens is 330 g/mol. The van der Waals surface area contributed by atoms with Crippen LogP contribution in [0.25, 0.3) is 0 Å². The third kappa shape index (κ3) is 3.97. The Bertz CT molecular complexity index is 661. The van der Waals surface area contributed by atoms with E-state index in [1.807, 2.05) is 4.90 Å². The van der Waals surface area contributed by atoms with Gasteiger partial charge in [-0.15, -0.1) is 22.7 Å². The Morgan fingerprint density at radius 3 is 2.91 bits per heavy atom. The van der Waals surface area contributed by atoms with Gasteiger partial charge in [0.1, 0.15) is 11.1 Å². The molecule has 2 aromatic heterocycles. The molecule has 23 heavy (non-hydrogen) atoms. The fourth-order valence-electron chi connectivity index (χ4n) is 2.40. The molecule has 0 N–H and O–H groups in total. The Morgan fingerprint density at radius 2 is 2.26 bits per heavy atom. The van der Waals surface area contributed by atoms with Crippen molar-refractivity contribution in [2.75, 3.05) is 19.7 Å². The van der Waals surface area contributed by atoms with Crippen molar-refractivity contribution in [2.45, 2.75) is 38.7 Å². The molecule has 5 nitrogen and oxygen atoms in total.